The van der Waals surface area contributed by atoms with Gasteiger partial charge in [-0.2, -0.15) is 0 Å². The molecule has 2 unspecified atom stereocenters. The quantitative estimate of drug-likeness (QED) is 0.689. The summed E-state index contributed by atoms with van der Waals surface area (Å²) in [7, 11) is 0. The molecule has 116 valence electrons. The van der Waals surface area contributed by atoms with Gasteiger partial charge in [0, 0.05) is 37.7 Å². The van der Waals surface area contributed by atoms with Gasteiger partial charge in [0.15, 0.2) is 0 Å². The van der Waals surface area contributed by atoms with Crippen LogP contribution in [0.5, 0.6) is 0 Å². The van der Waals surface area contributed by atoms with Crippen LogP contribution in [0.15, 0.2) is 24.3 Å². The molecule has 1 aliphatic rings. The van der Waals surface area contributed by atoms with Crippen LogP contribution in [0.2, 0.25) is 0 Å². The van der Waals surface area contributed by atoms with E-state index in [-0.39, 0.29) is 18.4 Å². The minimum atomic E-state index is 0.109. The molecule has 0 fully saturated rings. The van der Waals surface area contributed by atoms with E-state index in [0.29, 0.717) is 18.9 Å². The Balaban J connectivity index is 1.80. The van der Waals surface area contributed by atoms with Crippen LogP contribution in [0.3, 0.4) is 0 Å². The average molecular weight is 290 g/mol. The molecule has 0 aromatic heterocycles. The van der Waals surface area contributed by atoms with E-state index in [0.717, 1.165) is 31.5 Å². The fourth-order valence-electron chi connectivity index (χ4n) is 3.03. The number of benzene rings is 1. The lowest BCUT2D eigenvalue weighted by Gasteiger charge is -2.17. The van der Waals surface area contributed by atoms with Crippen LogP contribution < -0.4 is 10.6 Å². The second-order valence-electron chi connectivity index (χ2n) is 5.84. The number of carbonyl (C=O) groups is 1. The van der Waals surface area contributed by atoms with E-state index >= 15 is 0 Å². The lowest BCUT2D eigenvalue weighted by atomic mass is 9.97. The van der Waals surface area contributed by atoms with Gasteiger partial charge in [-0.3, -0.25) is 4.79 Å². The first-order chi connectivity index (χ1) is 10.2. The molecule has 4 nitrogen and oxygen atoms in total. The van der Waals surface area contributed by atoms with E-state index in [1.54, 1.807) is 0 Å². The maximum absolute atomic E-state index is 12.1. The summed E-state index contributed by atoms with van der Waals surface area (Å²) in [4.78, 5) is 12.1. The Hall–Kier alpha value is -1.55. The Bertz CT molecular complexity index is 456. The zero-order valence-corrected chi connectivity index (χ0v) is 12.8. The molecule has 0 spiro atoms. The van der Waals surface area contributed by atoms with E-state index in [2.05, 4.69) is 29.7 Å². The molecule has 3 N–H and O–H groups in total. The largest absolute Gasteiger partial charge is 0.396 e. The fraction of sp³-hybridized carbons (Fsp3) is 0.588. The van der Waals surface area contributed by atoms with Gasteiger partial charge >= 0.3 is 0 Å². The highest BCUT2D eigenvalue weighted by Gasteiger charge is 2.24. The molecular weight excluding hydrogens is 264 g/mol. The van der Waals surface area contributed by atoms with Crippen LogP contribution in [-0.2, 0) is 4.79 Å². The molecule has 0 saturated carbocycles. The van der Waals surface area contributed by atoms with Crippen molar-refractivity contribution in [3.8, 4) is 0 Å². The second kappa shape index (κ2) is 8.03. The Morgan fingerprint density at radius 1 is 1.43 bits per heavy atom. The molecule has 1 aromatic rings. The molecule has 1 aliphatic heterocycles. The molecule has 0 aliphatic carbocycles. The van der Waals surface area contributed by atoms with Crippen LogP contribution in [0.4, 0.5) is 5.69 Å². The maximum Gasteiger partial charge on any atom is 0.220 e. The summed E-state index contributed by atoms with van der Waals surface area (Å²) >= 11 is 0. The van der Waals surface area contributed by atoms with Gasteiger partial charge in [-0.15, -0.1) is 0 Å². The Morgan fingerprint density at radius 2 is 2.24 bits per heavy atom. The zero-order chi connectivity index (χ0) is 15.1. The second-order valence-corrected chi connectivity index (χ2v) is 5.84. The van der Waals surface area contributed by atoms with Gasteiger partial charge < -0.3 is 15.7 Å². The third-order valence-corrected chi connectivity index (χ3v) is 4.19. The van der Waals surface area contributed by atoms with Crippen molar-refractivity contribution >= 4 is 11.6 Å². The van der Waals surface area contributed by atoms with Crippen LogP contribution in [-0.4, -0.2) is 30.7 Å². The maximum atomic E-state index is 12.1. The van der Waals surface area contributed by atoms with Crippen molar-refractivity contribution in [1.82, 2.24) is 5.32 Å². The Kier molecular flexibility index (Phi) is 6.05. The minimum Gasteiger partial charge on any atom is -0.396 e. The third-order valence-electron chi connectivity index (χ3n) is 4.19. The van der Waals surface area contributed by atoms with Gasteiger partial charge in [-0.1, -0.05) is 31.5 Å². The minimum absolute atomic E-state index is 0.109. The molecule has 1 heterocycles. The standard InChI is InChI=1S/C17H26N2O2/c1-2-5-13(8-9-20)11-19-17(21)10-14-12-18-16-7-4-3-6-15(14)16/h3-4,6-7,13-14,18,20H,2,5,8-12H2,1H3,(H,19,21). The Morgan fingerprint density at radius 3 is 3.00 bits per heavy atom. The number of fused-ring (bicyclic) bond motifs is 1. The predicted molar refractivity (Wildman–Crippen MR) is 85.4 cm³/mol. The van der Waals surface area contributed by atoms with E-state index in [1.807, 2.05) is 12.1 Å². The number of amides is 1. The topological polar surface area (TPSA) is 61.4 Å². The first-order valence-corrected chi connectivity index (χ1v) is 7.95. The molecule has 0 saturated heterocycles. The molecule has 4 heteroatoms. The van der Waals surface area contributed by atoms with Crippen LogP contribution >= 0.6 is 0 Å². The van der Waals surface area contributed by atoms with E-state index in [9.17, 15) is 4.79 Å². The number of para-hydroxylation sites is 1. The number of anilines is 1. The molecule has 1 amide bonds. The summed E-state index contributed by atoms with van der Waals surface area (Å²) in [6.07, 6.45) is 3.43. The summed E-state index contributed by atoms with van der Waals surface area (Å²) in [5.74, 6) is 0.763. The lowest BCUT2D eigenvalue weighted by molar-refractivity contribution is -0.121. The number of carbonyl (C=O) groups excluding carboxylic acids is 1. The van der Waals surface area contributed by atoms with E-state index < -0.39 is 0 Å². The van der Waals surface area contributed by atoms with Crippen molar-refractivity contribution in [3.63, 3.8) is 0 Å². The molecule has 0 bridgehead atoms. The SMILES string of the molecule is CCCC(CCO)CNC(=O)CC1CNc2ccccc21. The number of aliphatic hydroxyl groups excluding tert-OH is 1. The highest BCUT2D eigenvalue weighted by Crippen LogP contribution is 2.32. The Labute approximate surface area is 126 Å². The van der Waals surface area contributed by atoms with Gasteiger partial charge in [0.25, 0.3) is 0 Å². The van der Waals surface area contributed by atoms with Crippen molar-refractivity contribution in [2.45, 2.75) is 38.5 Å². The van der Waals surface area contributed by atoms with Crippen molar-refractivity contribution in [3.05, 3.63) is 29.8 Å². The molecule has 0 radical (unpaired) electrons. The molecule has 21 heavy (non-hydrogen) atoms. The van der Waals surface area contributed by atoms with E-state index in [1.165, 1.54) is 5.56 Å². The van der Waals surface area contributed by atoms with Gasteiger partial charge in [0.1, 0.15) is 0 Å². The van der Waals surface area contributed by atoms with Crippen molar-refractivity contribution < 1.29 is 9.90 Å². The summed E-state index contributed by atoms with van der Waals surface area (Å²) < 4.78 is 0. The van der Waals surface area contributed by atoms with Crippen molar-refractivity contribution in [2.24, 2.45) is 5.92 Å². The normalized spacial score (nSPS) is 17.9. The number of rotatable bonds is 8. The number of aliphatic hydroxyl groups is 1. The first kappa shape index (κ1) is 15.8. The highest BCUT2D eigenvalue weighted by atomic mass is 16.3. The molecule has 2 rings (SSSR count). The van der Waals surface area contributed by atoms with Crippen molar-refractivity contribution in [1.29, 1.82) is 0 Å². The average Bonchev–Trinajstić information content (AvgIpc) is 2.89. The van der Waals surface area contributed by atoms with Gasteiger partial charge in [0.05, 0.1) is 0 Å². The smallest absolute Gasteiger partial charge is 0.220 e. The highest BCUT2D eigenvalue weighted by molar-refractivity contribution is 5.78. The first-order valence-electron chi connectivity index (χ1n) is 7.95. The number of hydrogen-bond acceptors (Lipinski definition) is 3. The summed E-state index contributed by atoms with van der Waals surface area (Å²) in [5, 5.41) is 15.4. The zero-order valence-electron chi connectivity index (χ0n) is 12.8. The molecule has 1 aromatic carbocycles. The summed E-state index contributed by atoms with van der Waals surface area (Å²) in [5.41, 5.74) is 2.40. The third kappa shape index (κ3) is 4.46. The van der Waals surface area contributed by atoms with Crippen molar-refractivity contribution in [2.75, 3.05) is 25.0 Å². The predicted octanol–water partition coefficient (Wildman–Crippen LogP) is 2.50. The fourth-order valence-corrected chi connectivity index (χ4v) is 3.03. The lowest BCUT2D eigenvalue weighted by Crippen LogP contribution is -2.31. The number of nitrogens with one attached hydrogen (secondary N) is 2. The molecular formula is C17H26N2O2. The molecule has 2 atom stereocenters. The van der Waals surface area contributed by atoms with Gasteiger partial charge in [-0.05, 0) is 30.4 Å². The van der Waals surface area contributed by atoms with Gasteiger partial charge in [0.2, 0.25) is 5.91 Å². The van der Waals surface area contributed by atoms with Crippen LogP contribution in [0.1, 0.15) is 44.1 Å². The van der Waals surface area contributed by atoms with Crippen LogP contribution in [0.25, 0.3) is 0 Å². The monoisotopic (exact) mass is 290 g/mol. The number of hydrogen-bond donors (Lipinski definition) is 3. The van der Waals surface area contributed by atoms with E-state index in [4.69, 9.17) is 5.11 Å². The summed E-state index contributed by atoms with van der Waals surface area (Å²) in [6, 6.07) is 8.19. The van der Waals surface area contributed by atoms with Gasteiger partial charge in [-0.25, -0.2) is 0 Å². The van der Waals surface area contributed by atoms with Crippen LogP contribution in [0, 0.1) is 5.92 Å². The summed E-state index contributed by atoms with van der Waals surface area (Å²) in [6.45, 7) is 3.84.